The van der Waals surface area contributed by atoms with Crippen LogP contribution in [0.1, 0.15) is 50.5 Å². The number of pyridine rings is 1. The number of nitrogens with zero attached hydrogens (tertiary/aromatic N) is 4. The molecule has 1 atom stereocenters. The second-order valence-corrected chi connectivity index (χ2v) is 10.2. The first kappa shape index (κ1) is 27.3. The van der Waals surface area contributed by atoms with Gasteiger partial charge in [0.05, 0.1) is 58.3 Å². The topological polar surface area (TPSA) is 121 Å². The molecule has 0 aliphatic rings. The largest absolute Gasteiger partial charge is 0.478 e. The van der Waals surface area contributed by atoms with Crippen molar-refractivity contribution in [2.75, 3.05) is 0 Å². The van der Waals surface area contributed by atoms with Gasteiger partial charge < -0.3 is 10.4 Å². The lowest BCUT2D eigenvalue weighted by Gasteiger charge is -2.17. The van der Waals surface area contributed by atoms with E-state index in [4.69, 9.17) is 4.98 Å². The number of aromatic nitrogens is 3. The van der Waals surface area contributed by atoms with E-state index in [0.717, 1.165) is 28.2 Å². The molecule has 0 aliphatic carbocycles. The van der Waals surface area contributed by atoms with Gasteiger partial charge in [0.15, 0.2) is 0 Å². The van der Waals surface area contributed by atoms with Gasteiger partial charge in [-0.1, -0.05) is 36.4 Å². The fourth-order valence-electron chi connectivity index (χ4n) is 5.14. The minimum atomic E-state index is -1.03. The number of carboxylic acids is 1. The summed E-state index contributed by atoms with van der Waals surface area (Å²) in [6.45, 7) is 2.11. The van der Waals surface area contributed by atoms with Crippen molar-refractivity contribution in [2.24, 2.45) is 0 Å². The summed E-state index contributed by atoms with van der Waals surface area (Å²) in [5, 5.41) is 27.8. The lowest BCUT2D eigenvalue weighted by atomic mass is 9.98. The van der Waals surface area contributed by atoms with Crippen molar-refractivity contribution in [1.29, 1.82) is 5.26 Å². The number of nitrogens with one attached hydrogen (secondary N) is 1. The molecule has 43 heavy (non-hydrogen) atoms. The Morgan fingerprint density at radius 3 is 2.51 bits per heavy atom. The number of carbonyl (C=O) groups excluding carboxylic acids is 1. The van der Waals surface area contributed by atoms with Gasteiger partial charge in [-0.3, -0.25) is 14.5 Å². The fourth-order valence-corrected chi connectivity index (χ4v) is 5.14. The molecule has 0 bridgehead atoms. The molecule has 2 aromatic heterocycles. The van der Waals surface area contributed by atoms with E-state index in [9.17, 15) is 24.3 Å². The number of rotatable bonds is 7. The molecular formula is C34H24FN5O3. The van der Waals surface area contributed by atoms with Crippen molar-refractivity contribution in [2.45, 2.75) is 19.5 Å². The summed E-state index contributed by atoms with van der Waals surface area (Å²) in [5.74, 6) is -1.99. The predicted molar refractivity (Wildman–Crippen MR) is 160 cm³/mol. The summed E-state index contributed by atoms with van der Waals surface area (Å²) < 4.78 is 16.1. The SMILES string of the molecule is C[C@H](NC(=O)c1cc(-c2cc(F)cc(C#N)c2)cc2cnn(Cc3ccc4ccccc4n3)c12)c1ccc(C(=O)O)cc1. The summed E-state index contributed by atoms with van der Waals surface area (Å²) in [5.41, 5.74) is 4.53. The Morgan fingerprint density at radius 1 is 0.977 bits per heavy atom. The number of carboxylic acid groups (broad SMARTS) is 1. The van der Waals surface area contributed by atoms with E-state index in [-0.39, 0.29) is 11.1 Å². The third-order valence-corrected chi connectivity index (χ3v) is 7.31. The van der Waals surface area contributed by atoms with Crippen LogP contribution < -0.4 is 5.32 Å². The number of hydrogen-bond acceptors (Lipinski definition) is 5. The highest BCUT2D eigenvalue weighted by molar-refractivity contribution is 6.07. The number of fused-ring (bicyclic) bond motifs is 2. The zero-order chi connectivity index (χ0) is 30.1. The first-order valence-corrected chi connectivity index (χ1v) is 13.5. The van der Waals surface area contributed by atoms with Crippen LogP contribution in [-0.2, 0) is 6.54 Å². The summed E-state index contributed by atoms with van der Waals surface area (Å²) in [6.07, 6.45) is 1.65. The van der Waals surface area contributed by atoms with Gasteiger partial charge in [0.2, 0.25) is 0 Å². The van der Waals surface area contributed by atoms with E-state index in [1.165, 1.54) is 18.2 Å². The third kappa shape index (κ3) is 5.54. The minimum Gasteiger partial charge on any atom is -0.478 e. The van der Waals surface area contributed by atoms with Gasteiger partial charge in [0.25, 0.3) is 5.91 Å². The number of carbonyl (C=O) groups is 2. The maximum atomic E-state index is 14.4. The summed E-state index contributed by atoms with van der Waals surface area (Å²) >= 11 is 0. The van der Waals surface area contributed by atoms with Crippen LogP contribution >= 0.6 is 0 Å². The number of amides is 1. The molecule has 0 unspecified atom stereocenters. The monoisotopic (exact) mass is 569 g/mol. The highest BCUT2D eigenvalue weighted by Crippen LogP contribution is 2.30. The molecule has 0 radical (unpaired) electrons. The summed E-state index contributed by atoms with van der Waals surface area (Å²) in [6, 6.07) is 27.0. The fraction of sp³-hybridized carbons (Fsp3) is 0.0882. The molecule has 2 heterocycles. The van der Waals surface area contributed by atoms with Gasteiger partial charge in [-0.25, -0.2) is 9.18 Å². The van der Waals surface area contributed by atoms with Crippen LogP contribution in [0.25, 0.3) is 32.9 Å². The molecule has 2 N–H and O–H groups in total. The summed E-state index contributed by atoms with van der Waals surface area (Å²) in [4.78, 5) is 29.9. The molecule has 6 aromatic rings. The average molecular weight is 570 g/mol. The van der Waals surface area contributed by atoms with E-state index >= 15 is 0 Å². The van der Waals surface area contributed by atoms with Crippen LogP contribution in [0.2, 0.25) is 0 Å². The number of aromatic carboxylic acids is 1. The zero-order valence-corrected chi connectivity index (χ0v) is 23.0. The van der Waals surface area contributed by atoms with Crippen molar-refractivity contribution in [1.82, 2.24) is 20.1 Å². The molecular weight excluding hydrogens is 545 g/mol. The van der Waals surface area contributed by atoms with E-state index in [0.29, 0.717) is 34.1 Å². The van der Waals surface area contributed by atoms with E-state index in [2.05, 4.69) is 10.4 Å². The second-order valence-electron chi connectivity index (χ2n) is 10.2. The maximum absolute atomic E-state index is 14.4. The van der Waals surface area contributed by atoms with Gasteiger partial charge in [0, 0.05) is 10.8 Å². The molecule has 0 saturated carbocycles. The number of benzene rings is 4. The van der Waals surface area contributed by atoms with Crippen molar-refractivity contribution < 1.29 is 19.1 Å². The first-order valence-electron chi connectivity index (χ1n) is 13.5. The minimum absolute atomic E-state index is 0.148. The van der Waals surface area contributed by atoms with E-state index in [1.54, 1.807) is 42.1 Å². The molecule has 210 valence electrons. The van der Waals surface area contributed by atoms with E-state index in [1.807, 2.05) is 48.5 Å². The Kier molecular flexibility index (Phi) is 7.10. The zero-order valence-electron chi connectivity index (χ0n) is 23.0. The lowest BCUT2D eigenvalue weighted by molar-refractivity contribution is 0.0696. The molecule has 0 saturated heterocycles. The maximum Gasteiger partial charge on any atom is 0.335 e. The van der Waals surface area contributed by atoms with Crippen molar-refractivity contribution in [3.8, 4) is 17.2 Å². The first-order chi connectivity index (χ1) is 20.8. The molecule has 0 spiro atoms. The third-order valence-electron chi connectivity index (χ3n) is 7.31. The lowest BCUT2D eigenvalue weighted by Crippen LogP contribution is -2.27. The predicted octanol–water partition coefficient (Wildman–Crippen LogP) is 6.50. The number of halogens is 1. The van der Waals surface area contributed by atoms with Crippen LogP contribution in [0.15, 0.2) is 97.2 Å². The molecule has 1 amide bonds. The molecule has 0 aliphatic heterocycles. The number of para-hydroxylation sites is 1. The summed E-state index contributed by atoms with van der Waals surface area (Å²) in [7, 11) is 0. The smallest absolute Gasteiger partial charge is 0.335 e. The Bertz CT molecular complexity index is 2080. The van der Waals surface area contributed by atoms with Gasteiger partial charge >= 0.3 is 5.97 Å². The van der Waals surface area contributed by atoms with Crippen molar-refractivity contribution in [3.05, 3.63) is 131 Å². The van der Waals surface area contributed by atoms with Crippen LogP contribution in [0.5, 0.6) is 0 Å². The Labute approximate surface area is 245 Å². The van der Waals surface area contributed by atoms with Crippen LogP contribution in [0.4, 0.5) is 4.39 Å². The highest BCUT2D eigenvalue weighted by Gasteiger charge is 2.20. The number of hydrogen-bond donors (Lipinski definition) is 2. The Balaban J connectivity index is 1.42. The molecule has 0 fully saturated rings. The molecule has 6 rings (SSSR count). The second kappa shape index (κ2) is 11.2. The van der Waals surface area contributed by atoms with E-state index < -0.39 is 23.7 Å². The van der Waals surface area contributed by atoms with Gasteiger partial charge in [-0.2, -0.15) is 10.4 Å². The van der Waals surface area contributed by atoms with Gasteiger partial charge in [-0.05, 0) is 78.2 Å². The van der Waals surface area contributed by atoms with Crippen LogP contribution in [0, 0.1) is 17.1 Å². The Hall–Kier alpha value is -5.88. The van der Waals surface area contributed by atoms with Gasteiger partial charge in [-0.15, -0.1) is 0 Å². The van der Waals surface area contributed by atoms with Crippen molar-refractivity contribution >= 4 is 33.7 Å². The standard InChI is InChI=1S/C34H24FN5O3/c1-20(22-6-8-24(9-7-22)34(42)43)38-33(41)30-16-26(25-12-21(17-36)13-28(35)15-25)14-27-18-37-40(32(27)30)19-29-11-10-23-4-2-3-5-31(23)39-29/h2-16,18,20H,19H2,1H3,(H,38,41)(H,42,43)/t20-/m0/s1. The van der Waals surface area contributed by atoms with Crippen LogP contribution in [-0.4, -0.2) is 31.7 Å². The quantitative estimate of drug-likeness (QED) is 0.226. The molecule has 9 heteroatoms. The highest BCUT2D eigenvalue weighted by atomic mass is 19.1. The van der Waals surface area contributed by atoms with Crippen LogP contribution in [0.3, 0.4) is 0 Å². The molecule has 8 nitrogen and oxygen atoms in total. The number of nitriles is 1. The van der Waals surface area contributed by atoms with Crippen molar-refractivity contribution in [3.63, 3.8) is 0 Å². The molecule has 4 aromatic carbocycles. The average Bonchev–Trinajstić information content (AvgIpc) is 3.42. The Morgan fingerprint density at radius 2 is 1.74 bits per heavy atom. The van der Waals surface area contributed by atoms with Gasteiger partial charge in [0.1, 0.15) is 5.82 Å². The normalized spacial score (nSPS) is 11.7.